The van der Waals surface area contributed by atoms with Crippen LogP contribution in [0, 0.1) is 47.3 Å². The maximum atomic E-state index is 12.9. The lowest BCUT2D eigenvalue weighted by molar-refractivity contribution is -0.180. The van der Waals surface area contributed by atoms with Crippen LogP contribution in [0.2, 0.25) is 0 Å². The third kappa shape index (κ3) is 2.73. The number of hydrogen-bond acceptors (Lipinski definition) is 4. The molecule has 0 heterocycles. The first-order valence-electron chi connectivity index (χ1n) is 12.2. The van der Waals surface area contributed by atoms with Crippen LogP contribution in [-0.4, -0.2) is 22.5 Å². The van der Waals surface area contributed by atoms with Crippen LogP contribution in [0.5, 0.6) is 0 Å². The minimum atomic E-state index is -0.705. The van der Waals surface area contributed by atoms with Gasteiger partial charge in [-0.1, -0.05) is 30.0 Å². The molecule has 5 aliphatic carbocycles. The van der Waals surface area contributed by atoms with Crippen molar-refractivity contribution >= 4 is 11.7 Å². The molecule has 4 heteroatoms. The van der Waals surface area contributed by atoms with Gasteiger partial charge in [-0.3, -0.25) is 4.79 Å². The molecule has 0 aromatic heterocycles. The van der Waals surface area contributed by atoms with Gasteiger partial charge in [0.1, 0.15) is 0 Å². The van der Waals surface area contributed by atoms with Crippen LogP contribution in [0.25, 0.3) is 0 Å². The average Bonchev–Trinajstić information content (AvgIpc) is 3.06. The van der Waals surface area contributed by atoms with Gasteiger partial charge in [0.05, 0.1) is 11.6 Å². The van der Waals surface area contributed by atoms with E-state index in [4.69, 9.17) is 11.2 Å². The number of allylic oxidation sites excluding steroid dienone is 2. The van der Waals surface area contributed by atoms with Crippen LogP contribution in [-0.2, 0) is 9.53 Å². The molecule has 0 aromatic rings. The van der Waals surface area contributed by atoms with E-state index in [1.165, 1.54) is 18.4 Å². The Morgan fingerprint density at radius 3 is 2.70 bits per heavy atom. The lowest BCUT2D eigenvalue weighted by Crippen LogP contribution is -2.55. The smallest absolute Gasteiger partial charge is 0.310 e. The molecule has 0 saturated heterocycles. The highest BCUT2D eigenvalue weighted by Gasteiger charge is 2.66. The summed E-state index contributed by atoms with van der Waals surface area (Å²) in [7, 11) is 0. The Bertz CT molecular complexity index is 819. The SMILES string of the molecule is C#C[C@@]1(OC(=O)C2CCC2)CC[C@H]2[C@@H]3CCC4=C/C(=N/O)CC[C@@H]4[C@H]3CC[C@@]21CC. The Hall–Kier alpha value is -1.76. The van der Waals surface area contributed by atoms with E-state index in [2.05, 4.69) is 24.1 Å². The summed E-state index contributed by atoms with van der Waals surface area (Å²) in [6.45, 7) is 2.26. The number of esters is 1. The van der Waals surface area contributed by atoms with Gasteiger partial charge in [0.25, 0.3) is 0 Å². The summed E-state index contributed by atoms with van der Waals surface area (Å²) in [6, 6.07) is 0. The van der Waals surface area contributed by atoms with Crippen molar-refractivity contribution in [2.24, 2.45) is 40.2 Å². The summed E-state index contributed by atoms with van der Waals surface area (Å²) < 4.78 is 6.30. The van der Waals surface area contributed by atoms with Gasteiger partial charge in [0.2, 0.25) is 0 Å². The first-order valence-corrected chi connectivity index (χ1v) is 12.2. The molecule has 6 atom stereocenters. The predicted octanol–water partition coefficient (Wildman–Crippen LogP) is 5.49. The molecule has 30 heavy (non-hydrogen) atoms. The minimum absolute atomic E-state index is 0.0354. The Labute approximate surface area is 180 Å². The highest BCUT2D eigenvalue weighted by atomic mass is 16.6. The number of oxime groups is 1. The van der Waals surface area contributed by atoms with E-state index >= 15 is 0 Å². The molecule has 0 spiro atoms. The van der Waals surface area contributed by atoms with Crippen LogP contribution in [0.15, 0.2) is 16.8 Å². The van der Waals surface area contributed by atoms with Crippen LogP contribution >= 0.6 is 0 Å². The average molecular weight is 410 g/mol. The maximum absolute atomic E-state index is 12.9. The van der Waals surface area contributed by atoms with Crippen molar-refractivity contribution < 1.29 is 14.7 Å². The molecule has 1 N–H and O–H groups in total. The van der Waals surface area contributed by atoms with Crippen molar-refractivity contribution in [3.8, 4) is 12.3 Å². The van der Waals surface area contributed by atoms with Gasteiger partial charge in [-0.15, -0.1) is 6.42 Å². The van der Waals surface area contributed by atoms with Crippen molar-refractivity contribution in [1.82, 2.24) is 0 Å². The largest absolute Gasteiger partial charge is 0.445 e. The van der Waals surface area contributed by atoms with Crippen molar-refractivity contribution in [2.75, 3.05) is 0 Å². The standard InChI is InChI=1S/C26H35NO3/c1-3-25-14-12-21-20-11-9-19(27-29)16-18(20)8-10-22(21)23(25)13-15-26(25,4-2)30-24(28)17-6-5-7-17/h2,16-17,20-23,29H,3,5-15H2,1H3/b27-19+/t20-,21+,22+,23-,25-,26+/m0/s1. The number of carbonyl (C=O) groups is 1. The third-order valence-corrected chi connectivity index (χ3v) is 9.84. The fourth-order valence-electron chi connectivity index (χ4n) is 8.11. The van der Waals surface area contributed by atoms with Crippen LogP contribution < -0.4 is 0 Å². The number of terminal acetylenes is 1. The fraction of sp³-hybridized carbons (Fsp3) is 0.769. The van der Waals surface area contributed by atoms with Gasteiger partial charge in [0.15, 0.2) is 5.60 Å². The second-order valence-corrected chi connectivity index (χ2v) is 10.5. The number of nitrogens with zero attached hydrogens (tertiary/aromatic N) is 1. The predicted molar refractivity (Wildman–Crippen MR) is 116 cm³/mol. The summed E-state index contributed by atoms with van der Waals surface area (Å²) in [6.07, 6.45) is 20.8. The second kappa shape index (κ2) is 7.43. The Morgan fingerprint density at radius 2 is 2.03 bits per heavy atom. The molecule has 0 aromatic carbocycles. The molecular weight excluding hydrogens is 374 g/mol. The van der Waals surface area contributed by atoms with E-state index in [0.717, 1.165) is 69.9 Å². The van der Waals surface area contributed by atoms with E-state index < -0.39 is 5.60 Å². The molecule has 0 unspecified atom stereocenters. The zero-order chi connectivity index (χ0) is 20.9. The zero-order valence-electron chi connectivity index (χ0n) is 18.2. The first kappa shape index (κ1) is 20.2. The highest BCUT2D eigenvalue weighted by molar-refractivity contribution is 5.96. The number of carbonyl (C=O) groups excluding carboxylic acids is 1. The monoisotopic (exact) mass is 409 g/mol. The Morgan fingerprint density at radius 1 is 1.20 bits per heavy atom. The van der Waals surface area contributed by atoms with E-state index in [9.17, 15) is 10.0 Å². The van der Waals surface area contributed by atoms with Gasteiger partial charge in [-0.05, 0) is 100 Å². The van der Waals surface area contributed by atoms with E-state index in [-0.39, 0.29) is 17.3 Å². The van der Waals surface area contributed by atoms with Crippen molar-refractivity contribution in [1.29, 1.82) is 0 Å². The molecule has 4 saturated carbocycles. The minimum Gasteiger partial charge on any atom is -0.445 e. The lowest BCUT2D eigenvalue weighted by Gasteiger charge is -2.56. The van der Waals surface area contributed by atoms with E-state index in [0.29, 0.717) is 23.7 Å². The summed E-state index contributed by atoms with van der Waals surface area (Å²) in [5, 5.41) is 12.7. The third-order valence-electron chi connectivity index (χ3n) is 9.84. The van der Waals surface area contributed by atoms with E-state index in [1.807, 2.05) is 0 Å². The molecule has 0 bridgehead atoms. The summed E-state index contributed by atoms with van der Waals surface area (Å²) in [5.74, 6) is 5.67. The van der Waals surface area contributed by atoms with Gasteiger partial charge in [-0.2, -0.15) is 0 Å². The summed E-state index contributed by atoms with van der Waals surface area (Å²) >= 11 is 0. The molecule has 4 fully saturated rings. The number of hydrogen-bond donors (Lipinski definition) is 1. The van der Waals surface area contributed by atoms with Crippen molar-refractivity contribution in [2.45, 2.75) is 89.6 Å². The van der Waals surface area contributed by atoms with Crippen LogP contribution in [0.1, 0.15) is 84.0 Å². The molecule has 4 nitrogen and oxygen atoms in total. The number of ether oxygens (including phenoxy) is 1. The zero-order valence-corrected chi connectivity index (χ0v) is 18.2. The quantitative estimate of drug-likeness (QED) is 0.290. The Kier molecular flexibility index (Phi) is 4.99. The normalized spacial score (nSPS) is 44.1. The Balaban J connectivity index is 1.42. The molecule has 5 aliphatic rings. The lowest BCUT2D eigenvalue weighted by atomic mass is 9.49. The topological polar surface area (TPSA) is 58.9 Å². The van der Waals surface area contributed by atoms with Crippen molar-refractivity contribution in [3.63, 3.8) is 0 Å². The molecular formula is C26H35NO3. The van der Waals surface area contributed by atoms with Gasteiger partial charge in [-0.25, -0.2) is 0 Å². The molecule has 162 valence electrons. The summed E-state index contributed by atoms with van der Waals surface area (Å²) in [5.41, 5.74) is 1.57. The van der Waals surface area contributed by atoms with Crippen LogP contribution in [0.4, 0.5) is 0 Å². The fourth-order valence-corrected chi connectivity index (χ4v) is 8.11. The van der Waals surface area contributed by atoms with E-state index in [1.54, 1.807) is 0 Å². The summed E-state index contributed by atoms with van der Waals surface area (Å²) in [4.78, 5) is 12.9. The van der Waals surface area contributed by atoms with Crippen molar-refractivity contribution in [3.05, 3.63) is 11.6 Å². The number of fused-ring (bicyclic) bond motifs is 5. The second-order valence-electron chi connectivity index (χ2n) is 10.5. The maximum Gasteiger partial charge on any atom is 0.310 e. The molecule has 5 rings (SSSR count). The number of rotatable bonds is 3. The highest BCUT2D eigenvalue weighted by Crippen LogP contribution is 2.67. The molecule has 0 radical (unpaired) electrons. The van der Waals surface area contributed by atoms with Gasteiger partial charge in [0, 0.05) is 5.41 Å². The van der Waals surface area contributed by atoms with Gasteiger partial charge < -0.3 is 9.94 Å². The van der Waals surface area contributed by atoms with Crippen LogP contribution in [0.3, 0.4) is 0 Å². The molecule has 0 aliphatic heterocycles. The first-order chi connectivity index (χ1) is 14.6. The van der Waals surface area contributed by atoms with Gasteiger partial charge >= 0.3 is 5.97 Å². The molecule has 0 amide bonds.